The molecule has 0 spiro atoms. The number of ketones is 1. The Hall–Kier alpha value is -2.80. The van der Waals surface area contributed by atoms with Gasteiger partial charge in [0.05, 0.1) is 35.4 Å². The van der Waals surface area contributed by atoms with Crippen molar-refractivity contribution in [1.82, 2.24) is 15.5 Å². The van der Waals surface area contributed by atoms with E-state index in [1.165, 1.54) is 0 Å². The molecule has 3 N–H and O–H groups in total. The maximum absolute atomic E-state index is 14.4. The van der Waals surface area contributed by atoms with Gasteiger partial charge in [0.2, 0.25) is 11.8 Å². The third kappa shape index (κ3) is 6.91. The highest BCUT2D eigenvalue weighted by Gasteiger charge is 2.71. The number of carbonyl (C=O) groups is 5. The molecule has 12 nitrogen and oxygen atoms in total. The van der Waals surface area contributed by atoms with Crippen LogP contribution < -0.4 is 10.6 Å². The lowest BCUT2D eigenvalue weighted by atomic mass is 9.33. The molecular formula is C47H73N3O9S. The van der Waals surface area contributed by atoms with Gasteiger partial charge in [0, 0.05) is 24.9 Å². The number of aliphatic carboxylic acids is 1. The lowest BCUT2D eigenvalue weighted by molar-refractivity contribution is -0.235. The van der Waals surface area contributed by atoms with Gasteiger partial charge in [0.15, 0.2) is 15.6 Å². The highest BCUT2D eigenvalue weighted by Crippen LogP contribution is 2.76. The topological polar surface area (TPSA) is 176 Å². The van der Waals surface area contributed by atoms with Gasteiger partial charge in [-0.05, 0) is 128 Å². The van der Waals surface area contributed by atoms with Crippen LogP contribution in [0.1, 0.15) is 140 Å². The molecule has 60 heavy (non-hydrogen) atoms. The monoisotopic (exact) mass is 856 g/mol. The average molecular weight is 856 g/mol. The lowest BCUT2D eigenvalue weighted by Crippen LogP contribution is -2.68. The summed E-state index contributed by atoms with van der Waals surface area (Å²) in [5.41, 5.74) is -1.18. The van der Waals surface area contributed by atoms with Crippen molar-refractivity contribution in [2.24, 2.45) is 62.6 Å². The Balaban J connectivity index is 1.10. The first kappa shape index (κ1) is 45.2. The van der Waals surface area contributed by atoms with Crippen molar-refractivity contribution < 1.29 is 42.2 Å². The van der Waals surface area contributed by atoms with Gasteiger partial charge in [-0.25, -0.2) is 8.42 Å². The van der Waals surface area contributed by atoms with Crippen LogP contribution in [0.3, 0.4) is 0 Å². The summed E-state index contributed by atoms with van der Waals surface area (Å²) in [5.74, 6) is -1.75. The minimum atomic E-state index is -3.09. The van der Waals surface area contributed by atoms with Crippen LogP contribution in [0.2, 0.25) is 0 Å². The van der Waals surface area contributed by atoms with E-state index in [4.69, 9.17) is 4.74 Å². The number of hydrogen-bond acceptors (Lipinski definition) is 9. The summed E-state index contributed by atoms with van der Waals surface area (Å²) in [6.45, 7) is 23.9. The summed E-state index contributed by atoms with van der Waals surface area (Å²) in [4.78, 5) is 69.1. The first-order valence-electron chi connectivity index (χ1n) is 22.8. The first-order valence-corrected chi connectivity index (χ1v) is 24.7. The van der Waals surface area contributed by atoms with E-state index in [2.05, 4.69) is 59.1 Å². The van der Waals surface area contributed by atoms with E-state index in [9.17, 15) is 37.5 Å². The Morgan fingerprint density at radius 2 is 1.50 bits per heavy atom. The Bertz CT molecular complexity index is 1970. The van der Waals surface area contributed by atoms with Crippen LogP contribution in [0.4, 0.5) is 0 Å². The summed E-state index contributed by atoms with van der Waals surface area (Å²) in [6, 6.07) is 0. The molecule has 336 valence electrons. The van der Waals surface area contributed by atoms with Crippen molar-refractivity contribution in [3.05, 3.63) is 11.1 Å². The van der Waals surface area contributed by atoms with E-state index < -0.39 is 44.1 Å². The summed E-state index contributed by atoms with van der Waals surface area (Å²) in [5, 5.41) is 16.0. The van der Waals surface area contributed by atoms with Crippen molar-refractivity contribution in [3.63, 3.8) is 0 Å². The Morgan fingerprint density at radius 3 is 2.10 bits per heavy atom. The van der Waals surface area contributed by atoms with Crippen molar-refractivity contribution in [2.75, 3.05) is 31.1 Å². The maximum Gasteiger partial charge on any atom is 0.309 e. The third-order valence-corrected chi connectivity index (χ3v) is 20.3. The number of esters is 1. The van der Waals surface area contributed by atoms with Gasteiger partial charge >= 0.3 is 11.9 Å². The Labute approximate surface area is 358 Å². The summed E-state index contributed by atoms with van der Waals surface area (Å²) in [7, 11) is -3.09. The second kappa shape index (κ2) is 14.6. The number of hydrogen-bond donors (Lipinski definition) is 3. The van der Waals surface area contributed by atoms with Crippen LogP contribution in [-0.4, -0.2) is 96.3 Å². The fourth-order valence-electron chi connectivity index (χ4n) is 14.8. The van der Waals surface area contributed by atoms with Gasteiger partial charge in [-0.1, -0.05) is 62.3 Å². The molecule has 0 aromatic rings. The van der Waals surface area contributed by atoms with E-state index in [-0.39, 0.29) is 101 Å². The van der Waals surface area contributed by atoms with E-state index in [0.29, 0.717) is 24.7 Å². The fourth-order valence-corrected chi connectivity index (χ4v) is 16.1. The molecule has 1 unspecified atom stereocenters. The van der Waals surface area contributed by atoms with Gasteiger partial charge < -0.3 is 20.5 Å². The fraction of sp³-hybridized carbons (Fsp3) is 0.851. The second-order valence-corrected chi connectivity index (χ2v) is 25.4. The average Bonchev–Trinajstić information content (AvgIpc) is 3.41. The third-order valence-electron chi connectivity index (χ3n) is 18.7. The standard InChI is InChI=1S/C47H73N3O9S/c1-27(2)36-31(51)25-47(49-40(56)43(7,8)48-35(52)26-50-20-22-60(57,58)23-21-50)19-18-45(10)28(37(36)47)12-13-33-44(9)16-15-34(42(5,6)32(44)14-17-46(33,45)11)59-39(55)30-24-29(38(53)54)41(30,3)4/h27-30,32-34H,12-26H2,1-11H3,(H,48,52)(H,49,56)(H,53,54)/t28-,29+,30-,32?,33-,34+,44+,45-,46-,47-/m1/s1. The molecule has 2 amide bonds. The highest BCUT2D eigenvalue weighted by atomic mass is 32.2. The number of carboxylic acid groups (broad SMARTS) is 1. The normalized spacial score (nSPS) is 40.6. The summed E-state index contributed by atoms with van der Waals surface area (Å²) in [6.07, 6.45) is 7.47. The minimum Gasteiger partial charge on any atom is -0.481 e. The predicted molar refractivity (Wildman–Crippen MR) is 228 cm³/mol. The molecule has 6 fully saturated rings. The molecule has 0 radical (unpaired) electrons. The molecule has 10 atom stereocenters. The van der Waals surface area contributed by atoms with E-state index in [0.717, 1.165) is 56.1 Å². The number of ether oxygens (including phenoxy) is 1. The summed E-state index contributed by atoms with van der Waals surface area (Å²) < 4.78 is 30.3. The number of sulfone groups is 1. The zero-order valence-electron chi connectivity index (χ0n) is 38.2. The molecular weight excluding hydrogens is 783 g/mol. The van der Waals surface area contributed by atoms with Crippen LogP contribution in [-0.2, 0) is 38.5 Å². The largest absolute Gasteiger partial charge is 0.481 e. The Kier molecular flexibility index (Phi) is 11.0. The van der Waals surface area contributed by atoms with E-state index >= 15 is 0 Å². The molecule has 7 rings (SSSR count). The van der Waals surface area contributed by atoms with Crippen LogP contribution >= 0.6 is 0 Å². The molecule has 1 aliphatic heterocycles. The highest BCUT2D eigenvalue weighted by molar-refractivity contribution is 7.91. The van der Waals surface area contributed by atoms with Gasteiger partial charge in [0.1, 0.15) is 11.6 Å². The smallest absolute Gasteiger partial charge is 0.309 e. The van der Waals surface area contributed by atoms with Gasteiger partial charge in [-0.3, -0.25) is 28.9 Å². The molecule has 6 aliphatic carbocycles. The van der Waals surface area contributed by atoms with E-state index in [1.54, 1.807) is 18.7 Å². The number of nitrogens with one attached hydrogen (secondary N) is 2. The second-order valence-electron chi connectivity index (χ2n) is 23.1. The number of allylic oxidation sites excluding steroid dienone is 1. The molecule has 5 saturated carbocycles. The molecule has 0 bridgehead atoms. The molecule has 0 aromatic carbocycles. The maximum atomic E-state index is 14.4. The summed E-state index contributed by atoms with van der Waals surface area (Å²) >= 11 is 0. The predicted octanol–water partition coefficient (Wildman–Crippen LogP) is 6.12. The van der Waals surface area contributed by atoms with Crippen LogP contribution in [0.15, 0.2) is 11.1 Å². The van der Waals surface area contributed by atoms with E-state index in [1.807, 2.05) is 13.8 Å². The van der Waals surface area contributed by atoms with Gasteiger partial charge in [-0.15, -0.1) is 0 Å². The van der Waals surface area contributed by atoms with Gasteiger partial charge in [-0.2, -0.15) is 0 Å². The van der Waals surface area contributed by atoms with Crippen LogP contribution in [0.5, 0.6) is 0 Å². The molecule has 0 aromatic heterocycles. The molecule has 1 heterocycles. The molecule has 13 heteroatoms. The number of rotatable bonds is 9. The van der Waals surface area contributed by atoms with Crippen LogP contribution in [0.25, 0.3) is 0 Å². The van der Waals surface area contributed by atoms with Crippen molar-refractivity contribution >= 4 is 39.4 Å². The number of carbonyl (C=O) groups excluding carboxylic acids is 4. The number of Topliss-reactive ketones (excluding diaryl/α,β-unsaturated/α-hetero) is 1. The van der Waals surface area contributed by atoms with Gasteiger partial charge in [0.25, 0.3) is 0 Å². The van der Waals surface area contributed by atoms with Crippen molar-refractivity contribution in [2.45, 2.75) is 158 Å². The quantitative estimate of drug-likeness (QED) is 0.229. The molecule has 1 saturated heterocycles. The first-order chi connectivity index (χ1) is 27.6. The van der Waals surface area contributed by atoms with Crippen molar-refractivity contribution in [1.29, 1.82) is 0 Å². The SMILES string of the molecule is CC(C)C1=C2[C@H]3CC[C@@H]4[C@@]5(C)CC[C@H](OC(=O)[C@H]6C[C@@H](C(=O)O)C6(C)C)C(C)(C)C5CC[C@@]4(C)[C@]3(C)CC[C@@]2(NC(=O)C(C)(C)NC(=O)CN2CCS(=O)(=O)CC2)CC1=O. The minimum absolute atomic E-state index is 0.00568. The molecule has 7 aliphatic rings. The number of amides is 2. The van der Waals surface area contributed by atoms with Crippen LogP contribution in [0, 0.1) is 62.6 Å². The Morgan fingerprint density at radius 1 is 0.850 bits per heavy atom. The zero-order chi connectivity index (χ0) is 44.4. The number of carboxylic acids is 1. The number of fused-ring (bicyclic) bond motifs is 7. The van der Waals surface area contributed by atoms with Crippen molar-refractivity contribution in [3.8, 4) is 0 Å². The zero-order valence-corrected chi connectivity index (χ0v) is 39.0. The number of nitrogens with zero attached hydrogens (tertiary/aromatic N) is 1. The lowest BCUT2D eigenvalue weighted by Gasteiger charge is -2.72.